The first-order valence-electron chi connectivity index (χ1n) is 6.62. The van der Waals surface area contributed by atoms with Gasteiger partial charge in [0.1, 0.15) is 0 Å². The molecule has 1 aromatic heterocycles. The lowest BCUT2D eigenvalue weighted by atomic mass is 10.1. The zero-order valence-electron chi connectivity index (χ0n) is 10.7. The fourth-order valence-electron chi connectivity index (χ4n) is 1.75. The summed E-state index contributed by atoms with van der Waals surface area (Å²) in [6, 6.07) is 1.61. The van der Waals surface area contributed by atoms with Gasteiger partial charge in [0.25, 0.3) is 0 Å². The van der Waals surface area contributed by atoms with E-state index in [9.17, 15) is 4.79 Å². The molecule has 0 fully saturated rings. The molecule has 0 atom stereocenters. The van der Waals surface area contributed by atoms with Gasteiger partial charge in [-0.15, -0.1) is 0 Å². The molecule has 0 saturated heterocycles. The van der Waals surface area contributed by atoms with Gasteiger partial charge in [-0.05, 0) is 12.5 Å². The van der Waals surface area contributed by atoms with Crippen molar-refractivity contribution in [2.45, 2.75) is 51.9 Å². The number of carbonyl (C=O) groups excluding carboxylic acids is 1. The van der Waals surface area contributed by atoms with Crippen LogP contribution < -0.4 is 5.32 Å². The van der Waals surface area contributed by atoms with Crippen LogP contribution in [0.5, 0.6) is 0 Å². The number of nitrogens with zero attached hydrogens (tertiary/aromatic N) is 2. The number of hydrogen-bond acceptors (Lipinski definition) is 2. The molecule has 1 heterocycles. The average Bonchev–Trinajstić information content (AvgIpc) is 2.86. The first-order valence-corrected chi connectivity index (χ1v) is 6.62. The van der Waals surface area contributed by atoms with Crippen molar-refractivity contribution in [3.63, 3.8) is 0 Å². The summed E-state index contributed by atoms with van der Waals surface area (Å²) in [6.07, 6.45) is 12.1. The summed E-state index contributed by atoms with van der Waals surface area (Å²) in [4.78, 5) is 11.5. The third-order valence-corrected chi connectivity index (χ3v) is 2.77. The number of aromatic nitrogens is 2. The van der Waals surface area contributed by atoms with E-state index in [1.54, 1.807) is 18.5 Å². The molecule has 0 saturated carbocycles. The van der Waals surface area contributed by atoms with Crippen LogP contribution in [0.25, 0.3) is 0 Å². The van der Waals surface area contributed by atoms with Crippen molar-refractivity contribution in [1.29, 1.82) is 0 Å². The quantitative estimate of drug-likeness (QED) is 0.706. The highest BCUT2D eigenvalue weighted by molar-refractivity contribution is 5.75. The topological polar surface area (TPSA) is 46.9 Å². The summed E-state index contributed by atoms with van der Waals surface area (Å²) in [5.41, 5.74) is 0. The Labute approximate surface area is 103 Å². The van der Waals surface area contributed by atoms with Crippen LogP contribution in [-0.4, -0.2) is 22.4 Å². The monoisotopic (exact) mass is 237 g/mol. The molecule has 0 aromatic carbocycles. The predicted octanol–water partition coefficient (Wildman–Crippen LogP) is 3.19. The number of nitrogens with one attached hydrogen (secondary N) is 1. The van der Waals surface area contributed by atoms with Crippen LogP contribution in [0.15, 0.2) is 18.5 Å². The lowest BCUT2D eigenvalue weighted by Gasteiger charge is -2.04. The zero-order valence-corrected chi connectivity index (χ0v) is 10.7. The van der Waals surface area contributed by atoms with Gasteiger partial charge in [-0.2, -0.15) is 9.78 Å². The highest BCUT2D eigenvalue weighted by Gasteiger charge is 2.01. The van der Waals surface area contributed by atoms with Crippen LogP contribution in [0.2, 0.25) is 0 Å². The van der Waals surface area contributed by atoms with E-state index in [1.165, 1.54) is 43.2 Å². The van der Waals surface area contributed by atoms with Gasteiger partial charge >= 0.3 is 6.03 Å². The van der Waals surface area contributed by atoms with Crippen molar-refractivity contribution in [2.24, 2.45) is 0 Å². The molecule has 1 amide bonds. The zero-order chi connectivity index (χ0) is 12.3. The van der Waals surface area contributed by atoms with E-state index in [2.05, 4.69) is 17.3 Å². The van der Waals surface area contributed by atoms with E-state index in [4.69, 9.17) is 0 Å². The highest BCUT2D eigenvalue weighted by atomic mass is 16.2. The first-order chi connectivity index (χ1) is 8.34. The minimum absolute atomic E-state index is 0.138. The van der Waals surface area contributed by atoms with Gasteiger partial charge in [0, 0.05) is 18.9 Å². The molecule has 0 bridgehead atoms. The molecule has 96 valence electrons. The third kappa shape index (κ3) is 6.09. The molecule has 0 aliphatic heterocycles. The maximum Gasteiger partial charge on any atom is 0.342 e. The molecule has 4 nitrogen and oxygen atoms in total. The molecule has 0 aliphatic carbocycles. The minimum Gasteiger partial charge on any atom is -0.336 e. The van der Waals surface area contributed by atoms with Crippen LogP contribution in [0, 0.1) is 0 Å². The van der Waals surface area contributed by atoms with Crippen molar-refractivity contribution in [3.05, 3.63) is 18.5 Å². The maximum absolute atomic E-state index is 11.5. The maximum atomic E-state index is 11.5. The molecule has 0 aliphatic rings. The Morgan fingerprint density at radius 2 is 1.88 bits per heavy atom. The standard InChI is InChI=1S/C13H23N3O/c1-2-3-4-5-6-7-8-10-14-13(17)16-12-9-11-15-16/h9,11-12H,2-8,10H2,1H3,(H,14,17). The van der Waals surface area contributed by atoms with Crippen LogP contribution in [0.4, 0.5) is 4.79 Å². The van der Waals surface area contributed by atoms with Gasteiger partial charge in [-0.3, -0.25) is 0 Å². The van der Waals surface area contributed by atoms with Crippen molar-refractivity contribution >= 4 is 6.03 Å². The Morgan fingerprint density at radius 1 is 1.18 bits per heavy atom. The smallest absolute Gasteiger partial charge is 0.336 e. The van der Waals surface area contributed by atoms with Crippen molar-refractivity contribution in [1.82, 2.24) is 15.1 Å². The molecule has 1 N–H and O–H groups in total. The molecule has 1 aromatic rings. The van der Waals surface area contributed by atoms with Crippen LogP contribution in [0.1, 0.15) is 51.9 Å². The fourth-order valence-corrected chi connectivity index (χ4v) is 1.75. The summed E-state index contributed by atoms with van der Waals surface area (Å²) in [6.45, 7) is 2.97. The summed E-state index contributed by atoms with van der Waals surface area (Å²) in [5.74, 6) is 0. The van der Waals surface area contributed by atoms with Gasteiger partial charge in [0.05, 0.1) is 0 Å². The van der Waals surface area contributed by atoms with Gasteiger partial charge in [-0.25, -0.2) is 4.79 Å². The Balaban J connectivity index is 1.92. The lowest BCUT2D eigenvalue weighted by molar-refractivity contribution is 0.239. The second kappa shape index (κ2) is 8.79. The third-order valence-electron chi connectivity index (χ3n) is 2.77. The van der Waals surface area contributed by atoms with Crippen LogP contribution in [-0.2, 0) is 0 Å². The van der Waals surface area contributed by atoms with Gasteiger partial charge in [0.15, 0.2) is 0 Å². The Bertz CT molecular complexity index is 296. The first kappa shape index (κ1) is 13.7. The molecule has 17 heavy (non-hydrogen) atoms. The fraction of sp³-hybridized carbons (Fsp3) is 0.692. The second-order valence-corrected chi connectivity index (χ2v) is 4.30. The molecule has 4 heteroatoms. The van der Waals surface area contributed by atoms with E-state index in [1.807, 2.05) is 0 Å². The number of rotatable bonds is 8. The van der Waals surface area contributed by atoms with Gasteiger partial charge in [0.2, 0.25) is 0 Å². The largest absolute Gasteiger partial charge is 0.342 e. The molecular weight excluding hydrogens is 214 g/mol. The normalized spacial score (nSPS) is 10.4. The lowest BCUT2D eigenvalue weighted by Crippen LogP contribution is -2.29. The van der Waals surface area contributed by atoms with Gasteiger partial charge < -0.3 is 5.32 Å². The number of amides is 1. The average molecular weight is 237 g/mol. The number of carbonyl (C=O) groups is 1. The second-order valence-electron chi connectivity index (χ2n) is 4.30. The Hall–Kier alpha value is -1.32. The summed E-state index contributed by atoms with van der Waals surface area (Å²) < 4.78 is 1.32. The van der Waals surface area contributed by atoms with Gasteiger partial charge in [-0.1, -0.05) is 45.4 Å². The minimum atomic E-state index is -0.138. The van der Waals surface area contributed by atoms with E-state index in [0.717, 1.165) is 13.0 Å². The number of unbranched alkanes of at least 4 members (excludes halogenated alkanes) is 6. The molecule has 0 spiro atoms. The van der Waals surface area contributed by atoms with Crippen LogP contribution >= 0.6 is 0 Å². The van der Waals surface area contributed by atoms with E-state index < -0.39 is 0 Å². The number of hydrogen-bond donors (Lipinski definition) is 1. The summed E-state index contributed by atoms with van der Waals surface area (Å²) in [5, 5.41) is 6.72. The van der Waals surface area contributed by atoms with E-state index in [-0.39, 0.29) is 6.03 Å². The molecule has 1 rings (SSSR count). The van der Waals surface area contributed by atoms with Crippen LogP contribution in [0.3, 0.4) is 0 Å². The van der Waals surface area contributed by atoms with E-state index in [0.29, 0.717) is 0 Å². The summed E-state index contributed by atoms with van der Waals surface area (Å²) in [7, 11) is 0. The predicted molar refractivity (Wildman–Crippen MR) is 69.0 cm³/mol. The Morgan fingerprint density at radius 3 is 2.53 bits per heavy atom. The van der Waals surface area contributed by atoms with Crippen molar-refractivity contribution < 1.29 is 4.79 Å². The molecular formula is C13H23N3O. The van der Waals surface area contributed by atoms with Crippen molar-refractivity contribution in [3.8, 4) is 0 Å². The highest BCUT2D eigenvalue weighted by Crippen LogP contribution is 2.06. The molecule has 0 unspecified atom stereocenters. The SMILES string of the molecule is CCCCCCCCCNC(=O)n1cccn1. The summed E-state index contributed by atoms with van der Waals surface area (Å²) >= 11 is 0. The Kier molecular flexibility index (Phi) is 7.11. The molecule has 0 radical (unpaired) electrons. The van der Waals surface area contributed by atoms with Crippen molar-refractivity contribution in [2.75, 3.05) is 6.54 Å². The van der Waals surface area contributed by atoms with E-state index >= 15 is 0 Å².